The van der Waals surface area contributed by atoms with Gasteiger partial charge in [0.25, 0.3) is 0 Å². The van der Waals surface area contributed by atoms with Crippen LogP contribution in [0.4, 0.5) is 5.95 Å². The van der Waals surface area contributed by atoms with Gasteiger partial charge in [-0.25, -0.2) is 4.98 Å². The third-order valence-corrected chi connectivity index (χ3v) is 4.29. The quantitative estimate of drug-likeness (QED) is 0.724. The Morgan fingerprint density at radius 3 is 2.68 bits per heavy atom. The minimum Gasteiger partial charge on any atom is -0.369 e. The highest BCUT2D eigenvalue weighted by Crippen LogP contribution is 2.25. The zero-order chi connectivity index (χ0) is 13.4. The van der Waals surface area contributed by atoms with Gasteiger partial charge in [-0.3, -0.25) is 0 Å². The summed E-state index contributed by atoms with van der Waals surface area (Å²) in [6.07, 6.45) is 0. The van der Waals surface area contributed by atoms with Crippen molar-refractivity contribution < 1.29 is 0 Å². The molecule has 5 heteroatoms. The van der Waals surface area contributed by atoms with Crippen LogP contribution in [0.5, 0.6) is 0 Å². The van der Waals surface area contributed by atoms with Crippen molar-refractivity contribution in [2.24, 2.45) is 0 Å². The lowest BCUT2D eigenvalue weighted by molar-refractivity contribution is 0.834. The van der Waals surface area contributed by atoms with Crippen molar-refractivity contribution in [3.8, 4) is 0 Å². The van der Waals surface area contributed by atoms with Crippen molar-refractivity contribution in [1.29, 1.82) is 0 Å². The van der Waals surface area contributed by atoms with E-state index in [2.05, 4.69) is 42.9 Å². The molecule has 0 aliphatic heterocycles. The Bertz CT molecular complexity index is 750. The SMILES string of the molecule is Nc1nc2ccc(Br)cc2n1Cc1ccccc1Br. The lowest BCUT2D eigenvalue weighted by atomic mass is 10.2. The van der Waals surface area contributed by atoms with Gasteiger partial charge in [-0.15, -0.1) is 0 Å². The third kappa shape index (κ3) is 2.40. The number of anilines is 1. The Morgan fingerprint density at radius 2 is 1.89 bits per heavy atom. The number of aromatic nitrogens is 2. The molecule has 19 heavy (non-hydrogen) atoms. The van der Waals surface area contributed by atoms with Gasteiger partial charge in [0.15, 0.2) is 0 Å². The van der Waals surface area contributed by atoms with E-state index >= 15 is 0 Å². The molecule has 2 N–H and O–H groups in total. The predicted octanol–water partition coefficient (Wildman–Crippen LogP) is 4.19. The summed E-state index contributed by atoms with van der Waals surface area (Å²) in [7, 11) is 0. The Kier molecular flexibility index (Phi) is 3.33. The van der Waals surface area contributed by atoms with Gasteiger partial charge in [-0.1, -0.05) is 50.1 Å². The maximum absolute atomic E-state index is 6.02. The van der Waals surface area contributed by atoms with Crippen molar-refractivity contribution in [2.75, 3.05) is 5.73 Å². The van der Waals surface area contributed by atoms with Crippen LogP contribution < -0.4 is 5.73 Å². The maximum Gasteiger partial charge on any atom is 0.201 e. The molecule has 0 aliphatic carbocycles. The highest BCUT2D eigenvalue weighted by Gasteiger charge is 2.10. The summed E-state index contributed by atoms with van der Waals surface area (Å²) in [6.45, 7) is 0.695. The molecule has 3 nitrogen and oxygen atoms in total. The van der Waals surface area contributed by atoms with Crippen LogP contribution in [0, 0.1) is 0 Å². The van der Waals surface area contributed by atoms with Crippen LogP contribution in [-0.2, 0) is 6.54 Å². The van der Waals surface area contributed by atoms with Crippen LogP contribution in [0.25, 0.3) is 11.0 Å². The monoisotopic (exact) mass is 379 g/mol. The highest BCUT2D eigenvalue weighted by molar-refractivity contribution is 9.10. The molecule has 96 valence electrons. The molecule has 0 bridgehead atoms. The molecule has 0 amide bonds. The Morgan fingerprint density at radius 1 is 1.11 bits per heavy atom. The van der Waals surface area contributed by atoms with E-state index in [-0.39, 0.29) is 0 Å². The molecule has 0 radical (unpaired) electrons. The number of halogens is 2. The first-order valence-electron chi connectivity index (χ1n) is 5.80. The van der Waals surface area contributed by atoms with Crippen molar-refractivity contribution in [3.63, 3.8) is 0 Å². The van der Waals surface area contributed by atoms with Crippen LogP contribution >= 0.6 is 31.9 Å². The molecule has 0 saturated heterocycles. The summed E-state index contributed by atoms with van der Waals surface area (Å²) in [5, 5.41) is 0. The fourth-order valence-corrected chi connectivity index (χ4v) is 2.84. The molecule has 0 aliphatic rings. The van der Waals surface area contributed by atoms with Gasteiger partial charge in [0.1, 0.15) is 0 Å². The fraction of sp³-hybridized carbons (Fsp3) is 0.0714. The third-order valence-electron chi connectivity index (χ3n) is 3.03. The van der Waals surface area contributed by atoms with Gasteiger partial charge in [0.05, 0.1) is 17.6 Å². The molecule has 3 aromatic rings. The molecule has 3 rings (SSSR count). The van der Waals surface area contributed by atoms with Crippen molar-refractivity contribution in [3.05, 3.63) is 57.0 Å². The lowest BCUT2D eigenvalue weighted by Gasteiger charge is -2.08. The van der Waals surface area contributed by atoms with Crippen LogP contribution in [0.3, 0.4) is 0 Å². The molecule has 1 aromatic heterocycles. The second-order valence-corrected chi connectivity index (χ2v) is 6.05. The number of nitrogen functional groups attached to an aromatic ring is 1. The first-order valence-corrected chi connectivity index (χ1v) is 7.38. The number of nitrogens with zero attached hydrogens (tertiary/aromatic N) is 2. The van der Waals surface area contributed by atoms with Gasteiger partial charge < -0.3 is 10.3 Å². The molecule has 1 heterocycles. The zero-order valence-corrected chi connectivity index (χ0v) is 13.1. The number of nitrogens with two attached hydrogens (primary N) is 1. The number of rotatable bonds is 2. The number of hydrogen-bond acceptors (Lipinski definition) is 2. The topological polar surface area (TPSA) is 43.8 Å². The highest BCUT2D eigenvalue weighted by atomic mass is 79.9. The van der Waals surface area contributed by atoms with Crippen molar-refractivity contribution in [2.45, 2.75) is 6.54 Å². The van der Waals surface area contributed by atoms with Crippen molar-refractivity contribution in [1.82, 2.24) is 9.55 Å². The van der Waals surface area contributed by atoms with Crippen LogP contribution in [0.1, 0.15) is 5.56 Å². The fourth-order valence-electron chi connectivity index (χ4n) is 2.08. The standard InChI is InChI=1S/C14H11Br2N3/c15-10-5-6-12-13(7-10)19(14(17)18-12)8-9-3-1-2-4-11(9)16/h1-7H,8H2,(H2,17,18). The van der Waals surface area contributed by atoms with E-state index in [0.29, 0.717) is 12.5 Å². The summed E-state index contributed by atoms with van der Waals surface area (Å²) >= 11 is 7.05. The average molecular weight is 381 g/mol. The van der Waals surface area contributed by atoms with E-state index in [1.807, 2.05) is 41.0 Å². The Labute approximate surface area is 127 Å². The normalized spacial score (nSPS) is 11.1. The summed E-state index contributed by atoms with van der Waals surface area (Å²) in [4.78, 5) is 4.38. The van der Waals surface area contributed by atoms with E-state index in [9.17, 15) is 0 Å². The minimum atomic E-state index is 0.531. The number of hydrogen-bond donors (Lipinski definition) is 1. The molecular formula is C14H11Br2N3. The summed E-state index contributed by atoms with van der Waals surface area (Å²) in [6, 6.07) is 14.1. The molecule has 0 unspecified atom stereocenters. The summed E-state index contributed by atoms with van der Waals surface area (Å²) < 4.78 is 4.11. The molecule has 0 atom stereocenters. The van der Waals surface area contributed by atoms with Crippen LogP contribution in [-0.4, -0.2) is 9.55 Å². The summed E-state index contributed by atoms with van der Waals surface area (Å²) in [5.74, 6) is 0.531. The maximum atomic E-state index is 6.02. The van der Waals surface area contributed by atoms with Gasteiger partial charge in [-0.2, -0.15) is 0 Å². The largest absolute Gasteiger partial charge is 0.369 e. The zero-order valence-electron chi connectivity index (χ0n) is 9.98. The van der Waals surface area contributed by atoms with Gasteiger partial charge in [0, 0.05) is 8.95 Å². The summed E-state index contributed by atoms with van der Waals surface area (Å²) in [5.41, 5.74) is 9.14. The lowest BCUT2D eigenvalue weighted by Crippen LogP contribution is -2.05. The first-order chi connectivity index (χ1) is 9.15. The van der Waals surface area contributed by atoms with Crippen molar-refractivity contribution >= 4 is 48.8 Å². The Hall–Kier alpha value is -1.33. The smallest absolute Gasteiger partial charge is 0.201 e. The van der Waals surface area contributed by atoms with Crippen LogP contribution in [0.2, 0.25) is 0 Å². The van der Waals surface area contributed by atoms with E-state index in [1.54, 1.807) is 0 Å². The molecule has 0 fully saturated rings. The minimum absolute atomic E-state index is 0.531. The van der Waals surface area contributed by atoms with E-state index in [4.69, 9.17) is 5.73 Å². The molecule has 0 spiro atoms. The number of benzene rings is 2. The first kappa shape index (κ1) is 12.7. The van der Waals surface area contributed by atoms with Gasteiger partial charge in [-0.05, 0) is 29.8 Å². The molecule has 0 saturated carbocycles. The van der Waals surface area contributed by atoms with E-state index in [0.717, 1.165) is 20.0 Å². The van der Waals surface area contributed by atoms with Gasteiger partial charge >= 0.3 is 0 Å². The predicted molar refractivity (Wildman–Crippen MR) is 85.1 cm³/mol. The van der Waals surface area contributed by atoms with Crippen LogP contribution in [0.15, 0.2) is 51.4 Å². The number of imidazole rings is 1. The second-order valence-electron chi connectivity index (χ2n) is 4.28. The number of fused-ring (bicyclic) bond motifs is 1. The molecule has 2 aromatic carbocycles. The van der Waals surface area contributed by atoms with E-state index < -0.39 is 0 Å². The Balaban J connectivity index is 2.12. The molecular weight excluding hydrogens is 370 g/mol. The average Bonchev–Trinajstić information content (AvgIpc) is 2.69. The van der Waals surface area contributed by atoms with E-state index in [1.165, 1.54) is 5.56 Å². The second kappa shape index (κ2) is 4.98. The van der Waals surface area contributed by atoms with Gasteiger partial charge in [0.2, 0.25) is 5.95 Å².